The van der Waals surface area contributed by atoms with Gasteiger partial charge >= 0.3 is 0 Å². The standard InChI is InChI=1S/C23H25N7O2/c31-19-11-20-22(32)25-7-2-5-17-10-16(6-8-24-17)21-26-14-27-23(29-21)28-18-4-1-3-15(9-18)12-30(20)13-19/h1,3-4,6,8-10,14,19-20,31H,2,5,7,11-13H2,(H,25,32)(H,26,27,28,29)/t19-,20-/m1/s1. The van der Waals surface area contributed by atoms with E-state index >= 15 is 0 Å². The monoisotopic (exact) mass is 431 g/mol. The first-order valence-electron chi connectivity index (χ1n) is 10.8. The van der Waals surface area contributed by atoms with Crippen LogP contribution in [-0.2, 0) is 17.8 Å². The fourth-order valence-electron chi connectivity index (χ4n) is 4.29. The SMILES string of the molecule is O=C1NCCCc2cc(ccn2)-c2ncnc(n2)Nc2cccc(c2)CN2C[C@H](O)C[C@H]12. The molecule has 3 N–H and O–H groups in total. The molecular formula is C23H25N7O2. The number of aryl methyl sites for hydroxylation is 1. The third-order valence-corrected chi connectivity index (χ3v) is 5.81. The smallest absolute Gasteiger partial charge is 0.237 e. The number of hydrogen-bond donors (Lipinski definition) is 3. The lowest BCUT2D eigenvalue weighted by molar-refractivity contribution is -0.125. The molecular weight excluding hydrogens is 406 g/mol. The average Bonchev–Trinajstić information content (AvgIpc) is 3.17. The quantitative estimate of drug-likeness (QED) is 0.492. The molecule has 1 amide bonds. The number of rotatable bonds is 0. The van der Waals surface area contributed by atoms with Crippen molar-refractivity contribution < 1.29 is 9.90 Å². The second kappa shape index (κ2) is 8.97. The van der Waals surface area contributed by atoms with Gasteiger partial charge < -0.3 is 15.7 Å². The number of nitrogens with zero attached hydrogens (tertiary/aromatic N) is 5. The van der Waals surface area contributed by atoms with Gasteiger partial charge in [-0.1, -0.05) is 12.1 Å². The number of fused-ring (bicyclic) bond motifs is 8. The van der Waals surface area contributed by atoms with Gasteiger partial charge in [-0.15, -0.1) is 0 Å². The van der Waals surface area contributed by atoms with Crippen LogP contribution >= 0.6 is 0 Å². The molecule has 4 heterocycles. The van der Waals surface area contributed by atoms with Gasteiger partial charge in [0.25, 0.3) is 0 Å². The van der Waals surface area contributed by atoms with Crippen LogP contribution in [0.1, 0.15) is 24.1 Å². The van der Waals surface area contributed by atoms with Crippen LogP contribution in [0.25, 0.3) is 11.4 Å². The van der Waals surface area contributed by atoms with Gasteiger partial charge in [-0.25, -0.2) is 9.97 Å². The maximum absolute atomic E-state index is 12.8. The van der Waals surface area contributed by atoms with E-state index in [1.54, 1.807) is 6.20 Å². The second-order valence-electron chi connectivity index (χ2n) is 8.22. The minimum absolute atomic E-state index is 0.0359. The molecule has 2 aliphatic heterocycles. The van der Waals surface area contributed by atoms with Crippen molar-refractivity contribution >= 4 is 17.5 Å². The number of carbonyl (C=O) groups excluding carboxylic acids is 1. The molecule has 0 radical (unpaired) electrons. The van der Waals surface area contributed by atoms with Gasteiger partial charge in [-0.3, -0.25) is 14.7 Å². The highest BCUT2D eigenvalue weighted by molar-refractivity contribution is 5.82. The molecule has 0 unspecified atom stereocenters. The third-order valence-electron chi connectivity index (χ3n) is 5.81. The normalized spacial score (nSPS) is 21.6. The molecule has 32 heavy (non-hydrogen) atoms. The highest BCUT2D eigenvalue weighted by Gasteiger charge is 2.35. The van der Waals surface area contributed by atoms with Crippen LogP contribution < -0.4 is 10.6 Å². The zero-order chi connectivity index (χ0) is 21.9. The number of anilines is 2. The molecule has 164 valence electrons. The van der Waals surface area contributed by atoms with Crippen LogP contribution in [0.15, 0.2) is 48.9 Å². The summed E-state index contributed by atoms with van der Waals surface area (Å²) in [6, 6.07) is 11.4. The molecule has 0 saturated carbocycles. The minimum atomic E-state index is -0.503. The van der Waals surface area contributed by atoms with Gasteiger partial charge in [-0.05, 0) is 49.1 Å². The summed E-state index contributed by atoms with van der Waals surface area (Å²) in [4.78, 5) is 32.5. The summed E-state index contributed by atoms with van der Waals surface area (Å²) in [6.45, 7) is 1.60. The Hall–Kier alpha value is -3.43. The number of pyridine rings is 1. The summed E-state index contributed by atoms with van der Waals surface area (Å²) in [5.41, 5.74) is 3.67. The molecule has 0 spiro atoms. The van der Waals surface area contributed by atoms with Crippen molar-refractivity contribution in [1.29, 1.82) is 0 Å². The summed E-state index contributed by atoms with van der Waals surface area (Å²) in [7, 11) is 0. The first-order chi connectivity index (χ1) is 15.6. The van der Waals surface area contributed by atoms with Gasteiger partial charge in [0.15, 0.2) is 5.82 Å². The van der Waals surface area contributed by atoms with Gasteiger partial charge in [0, 0.05) is 42.8 Å². The van der Waals surface area contributed by atoms with Crippen LogP contribution in [0.3, 0.4) is 0 Å². The molecule has 2 atom stereocenters. The van der Waals surface area contributed by atoms with Gasteiger partial charge in [0.05, 0.1) is 12.1 Å². The summed E-state index contributed by atoms with van der Waals surface area (Å²) >= 11 is 0. The molecule has 1 aromatic carbocycles. The first-order valence-corrected chi connectivity index (χ1v) is 10.8. The Morgan fingerprint density at radius 3 is 3.00 bits per heavy atom. The maximum atomic E-state index is 12.8. The van der Waals surface area contributed by atoms with Crippen molar-refractivity contribution in [3.05, 3.63) is 60.2 Å². The van der Waals surface area contributed by atoms with E-state index in [4.69, 9.17) is 0 Å². The molecule has 1 saturated heterocycles. The van der Waals surface area contributed by atoms with Crippen molar-refractivity contribution in [3.63, 3.8) is 0 Å². The molecule has 1 fully saturated rings. The number of amides is 1. The van der Waals surface area contributed by atoms with E-state index in [0.717, 1.165) is 35.3 Å². The molecule has 2 aromatic heterocycles. The Bertz CT molecular complexity index is 1120. The van der Waals surface area contributed by atoms with Crippen LogP contribution in [0, 0.1) is 0 Å². The Morgan fingerprint density at radius 2 is 2.06 bits per heavy atom. The maximum Gasteiger partial charge on any atom is 0.237 e. The summed E-state index contributed by atoms with van der Waals surface area (Å²) in [6.07, 6.45) is 4.69. The fourth-order valence-corrected chi connectivity index (χ4v) is 4.29. The molecule has 9 nitrogen and oxygen atoms in total. The Labute approximate surface area is 186 Å². The summed E-state index contributed by atoms with van der Waals surface area (Å²) in [5, 5.41) is 16.5. The molecule has 3 aromatic rings. The number of benzene rings is 1. The van der Waals surface area contributed by atoms with Crippen molar-refractivity contribution in [2.24, 2.45) is 0 Å². The Balaban J connectivity index is 1.48. The average molecular weight is 432 g/mol. The third kappa shape index (κ3) is 4.58. The molecule has 6 bridgehead atoms. The van der Waals surface area contributed by atoms with Crippen molar-refractivity contribution in [2.75, 3.05) is 18.4 Å². The van der Waals surface area contributed by atoms with Crippen molar-refractivity contribution in [1.82, 2.24) is 30.2 Å². The van der Waals surface area contributed by atoms with E-state index in [-0.39, 0.29) is 11.9 Å². The van der Waals surface area contributed by atoms with Crippen molar-refractivity contribution in [2.45, 2.75) is 38.0 Å². The van der Waals surface area contributed by atoms with Gasteiger partial charge in [-0.2, -0.15) is 4.98 Å². The summed E-state index contributed by atoms with van der Waals surface area (Å²) in [5.74, 6) is 0.998. The zero-order valence-electron chi connectivity index (χ0n) is 17.6. The number of nitrogens with one attached hydrogen (secondary N) is 2. The van der Waals surface area contributed by atoms with Crippen LogP contribution in [0.2, 0.25) is 0 Å². The number of carbonyl (C=O) groups is 1. The van der Waals surface area contributed by atoms with E-state index in [9.17, 15) is 9.90 Å². The molecule has 0 aliphatic carbocycles. The van der Waals surface area contributed by atoms with E-state index < -0.39 is 6.10 Å². The van der Waals surface area contributed by atoms with Gasteiger partial charge in [0.2, 0.25) is 11.9 Å². The second-order valence-corrected chi connectivity index (χ2v) is 8.22. The Morgan fingerprint density at radius 1 is 1.12 bits per heavy atom. The number of aliphatic hydroxyl groups excluding tert-OH is 1. The topological polar surface area (TPSA) is 116 Å². The lowest BCUT2D eigenvalue weighted by Crippen LogP contribution is -2.43. The largest absolute Gasteiger partial charge is 0.392 e. The number of aromatic nitrogens is 4. The van der Waals surface area contributed by atoms with Gasteiger partial charge in [0.1, 0.15) is 6.33 Å². The number of aliphatic hydroxyl groups is 1. The van der Waals surface area contributed by atoms with Crippen LogP contribution in [0.5, 0.6) is 0 Å². The van der Waals surface area contributed by atoms with E-state index in [2.05, 4.69) is 30.6 Å². The highest BCUT2D eigenvalue weighted by atomic mass is 16.3. The Kier molecular flexibility index (Phi) is 5.74. The lowest BCUT2D eigenvalue weighted by atomic mass is 10.1. The predicted molar refractivity (Wildman–Crippen MR) is 119 cm³/mol. The van der Waals surface area contributed by atoms with E-state index in [1.807, 2.05) is 41.3 Å². The van der Waals surface area contributed by atoms with Crippen LogP contribution in [0.4, 0.5) is 11.6 Å². The predicted octanol–water partition coefficient (Wildman–Crippen LogP) is 1.67. The van der Waals surface area contributed by atoms with Crippen LogP contribution in [-0.4, -0.2) is 61.1 Å². The molecule has 9 heteroatoms. The molecule has 2 aliphatic rings. The molecule has 5 rings (SSSR count). The lowest BCUT2D eigenvalue weighted by Gasteiger charge is -2.23. The van der Waals surface area contributed by atoms with E-state index in [0.29, 0.717) is 37.8 Å². The summed E-state index contributed by atoms with van der Waals surface area (Å²) < 4.78 is 0. The minimum Gasteiger partial charge on any atom is -0.392 e. The van der Waals surface area contributed by atoms with Crippen molar-refractivity contribution in [3.8, 4) is 11.4 Å². The number of hydrogen-bond acceptors (Lipinski definition) is 8. The zero-order valence-corrected chi connectivity index (χ0v) is 17.6. The highest BCUT2D eigenvalue weighted by Crippen LogP contribution is 2.24. The first kappa shape index (κ1) is 20.5. The fraction of sp³-hybridized carbons (Fsp3) is 0.348. The van der Waals surface area contributed by atoms with E-state index in [1.165, 1.54) is 6.33 Å².